The zero-order chi connectivity index (χ0) is 5.21. The molecule has 0 bridgehead atoms. The van der Waals surface area contributed by atoms with Crippen LogP contribution in [0.2, 0.25) is 0 Å². The van der Waals surface area contributed by atoms with Crippen LogP contribution in [0, 0.1) is 0 Å². The van der Waals surface area contributed by atoms with Crippen LogP contribution in [-0.4, -0.2) is 7.11 Å². The summed E-state index contributed by atoms with van der Waals surface area (Å²) >= 11 is -5.03. The van der Waals surface area contributed by atoms with Crippen LogP contribution in [0.15, 0.2) is 0 Å². The minimum absolute atomic E-state index is 0.840. The Kier molecular flexibility index (Phi) is 1.68. The first kappa shape index (κ1) is 6.05. The van der Waals surface area contributed by atoms with Crippen molar-refractivity contribution in [2.24, 2.45) is 0 Å². The summed E-state index contributed by atoms with van der Waals surface area (Å²) < 4.78 is 31.3. The third-order valence-corrected chi connectivity index (χ3v) is 0.842. The summed E-state index contributed by atoms with van der Waals surface area (Å²) in [5, 5.41) is 0. The Balaban J connectivity index is 3.85. The van der Waals surface area contributed by atoms with Crippen molar-refractivity contribution in [3.8, 4) is 0 Å². The van der Waals surface area contributed by atoms with Gasteiger partial charge in [0, 0.05) is 0 Å². The zero-order valence-corrected chi connectivity index (χ0v) is 4.32. The fraction of sp³-hybridized carbons (Fsp3) is 1.00. The second-order valence-corrected chi connectivity index (χ2v) is 2.37. The van der Waals surface area contributed by atoms with E-state index in [-0.39, 0.29) is 0 Å². The normalized spacial score (nSPS) is 11.7. The van der Waals surface area contributed by atoms with Gasteiger partial charge in [0.15, 0.2) is 0 Å². The minimum atomic E-state index is -5.03. The van der Waals surface area contributed by atoms with Gasteiger partial charge in [-0.3, -0.25) is 0 Å². The van der Waals surface area contributed by atoms with E-state index in [1.54, 1.807) is 0 Å². The van der Waals surface area contributed by atoms with E-state index in [2.05, 4.69) is 3.79 Å². The molecule has 0 spiro atoms. The van der Waals surface area contributed by atoms with Crippen molar-refractivity contribution in [2.75, 3.05) is 7.11 Å². The molecular weight excluding hydrogens is 128 g/mol. The second-order valence-electron chi connectivity index (χ2n) is 0.575. The number of hydrogen-bond donors (Lipinski definition) is 0. The summed E-state index contributed by atoms with van der Waals surface area (Å²) in [6, 6.07) is 0. The van der Waals surface area contributed by atoms with Gasteiger partial charge < -0.3 is 0 Å². The van der Waals surface area contributed by atoms with E-state index in [0.717, 1.165) is 7.11 Å². The molecule has 0 aliphatic carbocycles. The topological polar surface area (TPSA) is 66.4 Å². The maximum atomic E-state index is 9.30. The second kappa shape index (κ2) is 1.67. The monoisotopic (exact) mass is 131 g/mol. The fourth-order valence-corrected chi connectivity index (χ4v) is 0. The molecule has 0 atom stereocenters. The molecule has 0 rings (SSSR count). The summed E-state index contributed by atoms with van der Waals surface area (Å²) in [6.07, 6.45) is 0. The van der Waals surface area contributed by atoms with E-state index >= 15 is 0 Å². The van der Waals surface area contributed by atoms with Crippen molar-refractivity contribution in [1.82, 2.24) is 0 Å². The van der Waals surface area contributed by atoms with Gasteiger partial charge in [0.25, 0.3) is 0 Å². The molecule has 0 heterocycles. The number of hydrogen-bond acceptors (Lipinski definition) is 4. The van der Waals surface area contributed by atoms with Crippen LogP contribution in [0.3, 0.4) is 0 Å². The molecule has 0 fully saturated rings. The Labute approximate surface area is 37.1 Å². The number of rotatable bonds is 1. The van der Waals surface area contributed by atoms with Crippen LogP contribution in [0.1, 0.15) is 0 Å². The molecule has 4 nitrogen and oxygen atoms in total. The van der Waals surface area contributed by atoms with Crippen molar-refractivity contribution < 1.29 is 29.2 Å². The van der Waals surface area contributed by atoms with E-state index in [1.165, 1.54) is 0 Å². The summed E-state index contributed by atoms with van der Waals surface area (Å²) in [5.74, 6) is 0. The third kappa shape index (κ3) is 4.05. The van der Waals surface area contributed by atoms with E-state index in [0.29, 0.717) is 0 Å². The molecular formula is CH3CrO4-. The Morgan fingerprint density at radius 1 is 1.67 bits per heavy atom. The molecule has 0 amide bonds. The quantitative estimate of drug-likeness (QED) is 0.442. The molecule has 0 aromatic heterocycles. The molecule has 0 aliphatic heterocycles. The van der Waals surface area contributed by atoms with Gasteiger partial charge in [-0.2, -0.15) is 0 Å². The van der Waals surface area contributed by atoms with Gasteiger partial charge in [0.1, 0.15) is 0 Å². The summed E-state index contributed by atoms with van der Waals surface area (Å²) in [4.78, 5) is 0. The average Bonchev–Trinajstić information content (AvgIpc) is 1.35. The summed E-state index contributed by atoms with van der Waals surface area (Å²) in [6.45, 7) is 0. The van der Waals surface area contributed by atoms with E-state index in [1.807, 2.05) is 0 Å². The SMILES string of the molecule is C[O][Cr](=[O])(=[O])[O-]. The predicted molar refractivity (Wildman–Crippen MR) is 8.38 cm³/mol. The first-order valence-corrected chi connectivity index (χ1v) is 3.16. The first-order chi connectivity index (χ1) is 2.56. The van der Waals surface area contributed by atoms with Gasteiger partial charge in [-0.1, -0.05) is 0 Å². The Bertz CT molecular complexity index is 110. The predicted octanol–water partition coefficient (Wildman–Crippen LogP) is -1.33. The van der Waals surface area contributed by atoms with Crippen molar-refractivity contribution in [2.45, 2.75) is 0 Å². The van der Waals surface area contributed by atoms with Crippen molar-refractivity contribution >= 4 is 0 Å². The van der Waals surface area contributed by atoms with Crippen molar-refractivity contribution in [3.05, 3.63) is 0 Å². The summed E-state index contributed by atoms with van der Waals surface area (Å²) in [5.41, 5.74) is 0. The Morgan fingerprint density at radius 3 is 1.83 bits per heavy atom. The molecule has 0 radical (unpaired) electrons. The van der Waals surface area contributed by atoms with Gasteiger partial charge in [0.05, 0.1) is 0 Å². The van der Waals surface area contributed by atoms with Crippen LogP contribution in [0.5, 0.6) is 0 Å². The Hall–Kier alpha value is 0.0525. The van der Waals surface area contributed by atoms with E-state index in [9.17, 15) is 11.8 Å². The molecule has 5 heteroatoms. The van der Waals surface area contributed by atoms with Crippen LogP contribution in [0.25, 0.3) is 0 Å². The Morgan fingerprint density at radius 2 is 1.83 bits per heavy atom. The molecule has 0 aliphatic rings. The van der Waals surface area contributed by atoms with Crippen molar-refractivity contribution in [1.29, 1.82) is 0 Å². The standard InChI is InChI=1S/CH3O.Cr.3O/c1-2;;;;/h1H3;;;;/q-1;+1;;;-1. The molecule has 0 saturated carbocycles. The van der Waals surface area contributed by atoms with Crippen molar-refractivity contribution in [3.63, 3.8) is 0 Å². The molecule has 6 heavy (non-hydrogen) atoms. The molecule has 38 valence electrons. The molecule has 0 aromatic rings. The molecule has 0 saturated heterocycles. The van der Waals surface area contributed by atoms with Gasteiger partial charge in [-0.25, -0.2) is 0 Å². The van der Waals surface area contributed by atoms with Crippen LogP contribution >= 0.6 is 0 Å². The average molecular weight is 131 g/mol. The molecule has 0 aromatic carbocycles. The summed E-state index contributed by atoms with van der Waals surface area (Å²) in [7, 11) is 0.840. The molecule has 0 unspecified atom stereocenters. The van der Waals surface area contributed by atoms with Crippen LogP contribution in [-0.2, 0) is 25.0 Å². The maximum absolute atomic E-state index is 9.30. The van der Waals surface area contributed by atoms with Crippen LogP contribution < -0.4 is 4.16 Å². The first-order valence-electron chi connectivity index (χ1n) is 1.07. The van der Waals surface area contributed by atoms with E-state index in [4.69, 9.17) is 0 Å². The van der Waals surface area contributed by atoms with Gasteiger partial charge in [-0.15, -0.1) is 0 Å². The van der Waals surface area contributed by atoms with Crippen LogP contribution in [0.4, 0.5) is 0 Å². The van der Waals surface area contributed by atoms with Gasteiger partial charge in [0.2, 0.25) is 0 Å². The zero-order valence-electron chi connectivity index (χ0n) is 3.04. The molecule has 0 N–H and O–H groups in total. The fourth-order valence-electron chi connectivity index (χ4n) is 0. The van der Waals surface area contributed by atoms with Gasteiger partial charge >= 0.3 is 36.3 Å². The third-order valence-electron chi connectivity index (χ3n) is 0.204. The van der Waals surface area contributed by atoms with E-state index < -0.39 is 13.6 Å². The van der Waals surface area contributed by atoms with Gasteiger partial charge in [-0.05, 0) is 0 Å².